The maximum absolute atomic E-state index is 12.9. The Morgan fingerprint density at radius 1 is 1.24 bits per heavy atom. The molecule has 17 heavy (non-hydrogen) atoms. The Bertz CT molecular complexity index is 480. The molecule has 0 radical (unpaired) electrons. The van der Waals surface area contributed by atoms with Gasteiger partial charge in [0, 0.05) is 0 Å². The van der Waals surface area contributed by atoms with Crippen molar-refractivity contribution in [3.63, 3.8) is 0 Å². The number of halogens is 2. The van der Waals surface area contributed by atoms with E-state index in [-0.39, 0.29) is 11.9 Å². The molecule has 4 heteroatoms. The Kier molecular flexibility index (Phi) is 3.97. The first-order chi connectivity index (χ1) is 8.20. The maximum Gasteiger partial charge on any atom is 0.169 e. The van der Waals surface area contributed by atoms with Gasteiger partial charge in [0.05, 0.1) is 6.04 Å². The van der Waals surface area contributed by atoms with Gasteiger partial charge < -0.3 is 9.73 Å². The van der Waals surface area contributed by atoms with Crippen molar-refractivity contribution < 1.29 is 8.81 Å². The lowest BCUT2D eigenvalue weighted by Gasteiger charge is -2.15. The molecule has 0 fully saturated rings. The summed E-state index contributed by atoms with van der Waals surface area (Å²) >= 11 is 3.28. The Hall–Kier alpha value is -1.13. The molecule has 0 aliphatic rings. The van der Waals surface area contributed by atoms with E-state index in [1.54, 1.807) is 12.1 Å². The highest BCUT2D eigenvalue weighted by atomic mass is 79.9. The van der Waals surface area contributed by atoms with Crippen LogP contribution in [0.15, 0.2) is 45.5 Å². The SMILES string of the molecule is CCNC(c1ccc(F)cc1)c1ccc(Br)o1. The molecule has 0 saturated carbocycles. The second-order valence-electron chi connectivity index (χ2n) is 3.68. The second kappa shape index (κ2) is 5.47. The van der Waals surface area contributed by atoms with Crippen LogP contribution >= 0.6 is 15.9 Å². The first-order valence-corrected chi connectivity index (χ1v) is 6.24. The van der Waals surface area contributed by atoms with Crippen molar-refractivity contribution in [2.45, 2.75) is 13.0 Å². The molecule has 1 N–H and O–H groups in total. The molecule has 2 nitrogen and oxygen atoms in total. The fourth-order valence-electron chi connectivity index (χ4n) is 1.73. The second-order valence-corrected chi connectivity index (χ2v) is 4.47. The van der Waals surface area contributed by atoms with Gasteiger partial charge in [0.1, 0.15) is 11.6 Å². The Morgan fingerprint density at radius 2 is 1.94 bits per heavy atom. The van der Waals surface area contributed by atoms with Crippen LogP contribution in [-0.4, -0.2) is 6.54 Å². The first kappa shape index (κ1) is 12.3. The van der Waals surface area contributed by atoms with Gasteiger partial charge in [0.2, 0.25) is 0 Å². The standard InChI is InChI=1S/C13H13BrFNO/c1-2-16-13(11-7-8-12(14)17-11)9-3-5-10(15)6-4-9/h3-8,13,16H,2H2,1H3. The third kappa shape index (κ3) is 2.96. The minimum absolute atomic E-state index is 0.0492. The lowest BCUT2D eigenvalue weighted by molar-refractivity contribution is 0.437. The molecule has 2 aromatic rings. The van der Waals surface area contributed by atoms with Gasteiger partial charge in [0.25, 0.3) is 0 Å². The summed E-state index contributed by atoms with van der Waals surface area (Å²) in [6, 6.07) is 10.1. The summed E-state index contributed by atoms with van der Waals surface area (Å²) < 4.78 is 19.1. The van der Waals surface area contributed by atoms with Gasteiger partial charge in [-0.05, 0) is 52.3 Å². The summed E-state index contributed by atoms with van der Waals surface area (Å²) in [5, 5.41) is 3.31. The van der Waals surface area contributed by atoms with Gasteiger partial charge in [0.15, 0.2) is 4.67 Å². The third-order valence-corrected chi connectivity index (χ3v) is 2.92. The molecule has 1 aromatic heterocycles. The first-order valence-electron chi connectivity index (χ1n) is 5.44. The van der Waals surface area contributed by atoms with Crippen LogP contribution in [0.25, 0.3) is 0 Å². The fraction of sp³-hybridized carbons (Fsp3) is 0.231. The normalized spacial score (nSPS) is 12.6. The van der Waals surface area contributed by atoms with Crippen molar-refractivity contribution in [2.24, 2.45) is 0 Å². The van der Waals surface area contributed by atoms with E-state index in [0.717, 1.165) is 17.9 Å². The molecule has 1 heterocycles. The van der Waals surface area contributed by atoms with Crippen LogP contribution in [0.3, 0.4) is 0 Å². The molecule has 0 aliphatic carbocycles. The predicted molar refractivity (Wildman–Crippen MR) is 68.3 cm³/mol. The van der Waals surface area contributed by atoms with Gasteiger partial charge >= 0.3 is 0 Å². The lowest BCUT2D eigenvalue weighted by Crippen LogP contribution is -2.21. The number of benzene rings is 1. The molecule has 1 unspecified atom stereocenters. The molecule has 0 aliphatic heterocycles. The van der Waals surface area contributed by atoms with E-state index in [4.69, 9.17) is 4.42 Å². The van der Waals surface area contributed by atoms with Crippen molar-refractivity contribution in [3.8, 4) is 0 Å². The highest BCUT2D eigenvalue weighted by molar-refractivity contribution is 9.10. The smallest absolute Gasteiger partial charge is 0.169 e. The third-order valence-electron chi connectivity index (χ3n) is 2.49. The van der Waals surface area contributed by atoms with Crippen molar-refractivity contribution >= 4 is 15.9 Å². The maximum atomic E-state index is 12.9. The monoisotopic (exact) mass is 297 g/mol. The van der Waals surface area contributed by atoms with E-state index >= 15 is 0 Å². The van der Waals surface area contributed by atoms with E-state index in [2.05, 4.69) is 21.2 Å². The number of hydrogen-bond donors (Lipinski definition) is 1. The Balaban J connectivity index is 2.31. The molecular formula is C13H13BrFNO. The summed E-state index contributed by atoms with van der Waals surface area (Å²) in [6.45, 7) is 2.83. The van der Waals surface area contributed by atoms with Crippen LogP contribution in [-0.2, 0) is 0 Å². The van der Waals surface area contributed by atoms with Crippen molar-refractivity contribution in [1.82, 2.24) is 5.32 Å². The number of furan rings is 1. The van der Waals surface area contributed by atoms with E-state index in [1.807, 2.05) is 19.1 Å². The summed E-state index contributed by atoms with van der Waals surface area (Å²) in [7, 11) is 0. The topological polar surface area (TPSA) is 25.2 Å². The van der Waals surface area contributed by atoms with Crippen LogP contribution in [0.1, 0.15) is 24.3 Å². The van der Waals surface area contributed by atoms with Crippen molar-refractivity contribution in [1.29, 1.82) is 0 Å². The van der Waals surface area contributed by atoms with Gasteiger partial charge in [-0.1, -0.05) is 19.1 Å². The molecular weight excluding hydrogens is 285 g/mol. The average Bonchev–Trinajstić information content (AvgIpc) is 2.74. The zero-order valence-electron chi connectivity index (χ0n) is 9.41. The van der Waals surface area contributed by atoms with E-state index < -0.39 is 0 Å². The van der Waals surface area contributed by atoms with E-state index in [0.29, 0.717) is 4.67 Å². The zero-order valence-corrected chi connectivity index (χ0v) is 11.0. The van der Waals surface area contributed by atoms with Crippen LogP contribution in [0.5, 0.6) is 0 Å². The van der Waals surface area contributed by atoms with Gasteiger partial charge in [-0.3, -0.25) is 0 Å². The quantitative estimate of drug-likeness (QED) is 0.926. The molecule has 2 rings (SSSR count). The van der Waals surface area contributed by atoms with Crippen LogP contribution in [0.4, 0.5) is 4.39 Å². The van der Waals surface area contributed by atoms with Crippen LogP contribution in [0, 0.1) is 5.82 Å². The minimum Gasteiger partial charge on any atom is -0.452 e. The van der Waals surface area contributed by atoms with E-state index in [1.165, 1.54) is 12.1 Å². The summed E-state index contributed by atoms with van der Waals surface area (Å²) in [4.78, 5) is 0. The Labute approximate surface area is 108 Å². The summed E-state index contributed by atoms with van der Waals surface area (Å²) in [6.07, 6.45) is 0. The molecule has 1 atom stereocenters. The number of rotatable bonds is 4. The van der Waals surface area contributed by atoms with Gasteiger partial charge in [-0.15, -0.1) is 0 Å². The average molecular weight is 298 g/mol. The highest BCUT2D eigenvalue weighted by Crippen LogP contribution is 2.26. The van der Waals surface area contributed by atoms with Crippen LogP contribution < -0.4 is 5.32 Å². The fourth-order valence-corrected chi connectivity index (χ4v) is 2.04. The summed E-state index contributed by atoms with van der Waals surface area (Å²) in [5.41, 5.74) is 0.982. The number of nitrogens with one attached hydrogen (secondary N) is 1. The largest absolute Gasteiger partial charge is 0.452 e. The minimum atomic E-state index is -0.232. The molecule has 0 amide bonds. The molecule has 0 spiro atoms. The zero-order chi connectivity index (χ0) is 12.3. The molecule has 1 aromatic carbocycles. The van der Waals surface area contributed by atoms with Crippen molar-refractivity contribution in [2.75, 3.05) is 6.54 Å². The predicted octanol–water partition coefficient (Wildman–Crippen LogP) is 3.88. The van der Waals surface area contributed by atoms with Gasteiger partial charge in [-0.2, -0.15) is 0 Å². The van der Waals surface area contributed by atoms with Crippen LogP contribution in [0.2, 0.25) is 0 Å². The highest BCUT2D eigenvalue weighted by Gasteiger charge is 2.16. The van der Waals surface area contributed by atoms with E-state index in [9.17, 15) is 4.39 Å². The number of hydrogen-bond acceptors (Lipinski definition) is 2. The Morgan fingerprint density at radius 3 is 2.47 bits per heavy atom. The molecule has 90 valence electrons. The van der Waals surface area contributed by atoms with Gasteiger partial charge in [-0.25, -0.2) is 4.39 Å². The molecule has 0 bridgehead atoms. The molecule has 0 saturated heterocycles. The summed E-state index contributed by atoms with van der Waals surface area (Å²) in [5.74, 6) is 0.579. The lowest BCUT2D eigenvalue weighted by atomic mass is 10.0. The van der Waals surface area contributed by atoms with Crippen molar-refractivity contribution in [3.05, 3.63) is 58.2 Å².